The summed E-state index contributed by atoms with van der Waals surface area (Å²) in [5.74, 6) is 0.391. The summed E-state index contributed by atoms with van der Waals surface area (Å²) < 4.78 is 26.6. The smallest absolute Gasteiger partial charge is 0.236 e. The van der Waals surface area contributed by atoms with Crippen molar-refractivity contribution in [3.05, 3.63) is 22.3 Å². The number of anilines is 1. The minimum Gasteiger partial charge on any atom is -0.267 e. The largest absolute Gasteiger partial charge is 0.267 e. The minimum absolute atomic E-state index is 0.219. The third kappa shape index (κ3) is 2.49. The molecule has 1 aromatic rings. The molecule has 0 saturated heterocycles. The van der Waals surface area contributed by atoms with Gasteiger partial charge in [-0.1, -0.05) is 0 Å². The predicted molar refractivity (Wildman–Crippen MR) is 62.2 cm³/mol. The molecule has 1 aliphatic rings. The van der Waals surface area contributed by atoms with Gasteiger partial charge in [0.2, 0.25) is 10.0 Å². The molecule has 0 spiro atoms. The first-order valence-electron chi connectivity index (χ1n) is 4.63. The quantitative estimate of drug-likeness (QED) is 0.927. The molecule has 1 aliphatic carbocycles. The van der Waals surface area contributed by atoms with Crippen LogP contribution in [0.25, 0.3) is 0 Å². The molecule has 1 aromatic heterocycles. The summed E-state index contributed by atoms with van der Waals surface area (Å²) in [4.78, 5) is 4.00. The molecule has 4 nitrogen and oxygen atoms in total. The Balaban J connectivity index is 2.21. The van der Waals surface area contributed by atoms with Gasteiger partial charge in [0.25, 0.3) is 0 Å². The average Bonchev–Trinajstić information content (AvgIpc) is 2.93. The van der Waals surface area contributed by atoms with E-state index in [1.165, 1.54) is 0 Å². The number of pyridine rings is 1. The van der Waals surface area contributed by atoms with Crippen molar-refractivity contribution in [2.24, 2.45) is 0 Å². The second-order valence-electron chi connectivity index (χ2n) is 3.67. The molecule has 0 aliphatic heterocycles. The number of sulfonamides is 1. The van der Waals surface area contributed by atoms with Gasteiger partial charge >= 0.3 is 0 Å². The van der Waals surface area contributed by atoms with Crippen LogP contribution in [-0.4, -0.2) is 18.7 Å². The highest BCUT2D eigenvalue weighted by Gasteiger charge is 2.35. The highest BCUT2D eigenvalue weighted by atomic mass is 79.9. The minimum atomic E-state index is -3.20. The molecule has 0 bridgehead atoms. The van der Waals surface area contributed by atoms with Crippen LogP contribution >= 0.6 is 15.9 Å². The lowest BCUT2D eigenvalue weighted by atomic mass is 10.3. The van der Waals surface area contributed by atoms with Gasteiger partial charge in [0.1, 0.15) is 5.82 Å². The van der Waals surface area contributed by atoms with Crippen LogP contribution in [0.5, 0.6) is 0 Å². The number of hydrogen-bond acceptors (Lipinski definition) is 3. The zero-order valence-electron chi connectivity index (χ0n) is 8.20. The van der Waals surface area contributed by atoms with E-state index < -0.39 is 10.0 Å². The number of aromatic nitrogens is 1. The molecule has 1 saturated carbocycles. The van der Waals surface area contributed by atoms with Crippen LogP contribution in [0.1, 0.15) is 18.4 Å². The lowest BCUT2D eigenvalue weighted by Crippen LogP contribution is -2.18. The Bertz CT molecular complexity index is 483. The number of halogens is 1. The van der Waals surface area contributed by atoms with Crippen LogP contribution in [0.3, 0.4) is 0 Å². The molecular weight excluding hydrogens is 280 g/mol. The van der Waals surface area contributed by atoms with Crippen LogP contribution in [0.15, 0.2) is 16.7 Å². The summed E-state index contributed by atoms with van der Waals surface area (Å²) in [5.41, 5.74) is 0.957. The summed E-state index contributed by atoms with van der Waals surface area (Å²) in [6.45, 7) is 1.89. The molecular formula is C9H11BrN2O2S. The van der Waals surface area contributed by atoms with Crippen molar-refractivity contribution in [2.75, 3.05) is 4.72 Å². The molecule has 1 heterocycles. The van der Waals surface area contributed by atoms with Crippen molar-refractivity contribution >= 4 is 31.8 Å². The van der Waals surface area contributed by atoms with Gasteiger partial charge in [0, 0.05) is 10.7 Å². The van der Waals surface area contributed by atoms with E-state index in [0.717, 1.165) is 22.9 Å². The highest BCUT2D eigenvalue weighted by Crippen LogP contribution is 2.29. The fourth-order valence-corrected chi connectivity index (χ4v) is 2.75. The Labute approximate surface area is 97.3 Å². The second-order valence-corrected chi connectivity index (χ2v) is 6.48. The van der Waals surface area contributed by atoms with Crippen LogP contribution in [0, 0.1) is 6.92 Å². The number of aryl methyl sites for hydroxylation is 1. The van der Waals surface area contributed by atoms with E-state index in [9.17, 15) is 8.42 Å². The van der Waals surface area contributed by atoms with Crippen molar-refractivity contribution in [2.45, 2.75) is 25.0 Å². The van der Waals surface area contributed by atoms with E-state index in [-0.39, 0.29) is 5.25 Å². The molecule has 1 N–H and O–H groups in total. The fraction of sp³-hybridized carbons (Fsp3) is 0.444. The normalized spacial score (nSPS) is 16.4. The third-order valence-electron chi connectivity index (χ3n) is 2.26. The van der Waals surface area contributed by atoms with E-state index in [1.54, 1.807) is 12.3 Å². The average molecular weight is 291 g/mol. The van der Waals surface area contributed by atoms with Crippen molar-refractivity contribution in [1.29, 1.82) is 0 Å². The van der Waals surface area contributed by atoms with Crippen LogP contribution in [-0.2, 0) is 10.0 Å². The van der Waals surface area contributed by atoms with Gasteiger partial charge in [-0.05, 0) is 47.3 Å². The van der Waals surface area contributed by atoms with Gasteiger partial charge in [-0.2, -0.15) is 0 Å². The molecule has 15 heavy (non-hydrogen) atoms. The van der Waals surface area contributed by atoms with E-state index in [0.29, 0.717) is 5.82 Å². The van der Waals surface area contributed by atoms with E-state index in [4.69, 9.17) is 0 Å². The van der Waals surface area contributed by atoms with Gasteiger partial charge in [0.05, 0.1) is 5.25 Å². The Kier molecular flexibility index (Phi) is 2.72. The molecule has 82 valence electrons. The van der Waals surface area contributed by atoms with Gasteiger partial charge in [-0.15, -0.1) is 0 Å². The zero-order chi connectivity index (χ0) is 11.1. The number of rotatable bonds is 3. The molecule has 0 radical (unpaired) electrons. The number of nitrogens with one attached hydrogen (secondary N) is 1. The first-order valence-corrected chi connectivity index (χ1v) is 6.97. The first-order chi connectivity index (χ1) is 6.99. The molecule has 2 rings (SSSR count). The van der Waals surface area contributed by atoms with Crippen LogP contribution in [0.2, 0.25) is 0 Å². The maximum Gasteiger partial charge on any atom is 0.236 e. The summed E-state index contributed by atoms with van der Waals surface area (Å²) in [6.07, 6.45) is 3.11. The van der Waals surface area contributed by atoms with Crippen molar-refractivity contribution in [1.82, 2.24) is 4.98 Å². The number of hydrogen-bond donors (Lipinski definition) is 1. The maximum atomic E-state index is 11.6. The van der Waals surface area contributed by atoms with Gasteiger partial charge in [-0.3, -0.25) is 4.72 Å². The second kappa shape index (κ2) is 3.75. The summed E-state index contributed by atoms with van der Waals surface area (Å²) >= 11 is 3.31. The van der Waals surface area contributed by atoms with Gasteiger partial charge in [-0.25, -0.2) is 13.4 Å². The summed E-state index contributed by atoms with van der Waals surface area (Å²) in [6, 6.07) is 1.71. The van der Waals surface area contributed by atoms with Crippen molar-refractivity contribution in [3.63, 3.8) is 0 Å². The zero-order valence-corrected chi connectivity index (χ0v) is 10.6. The van der Waals surface area contributed by atoms with Gasteiger partial charge < -0.3 is 0 Å². The standard InChI is InChI=1S/C9H11BrN2O2S/c1-6-4-9(11-5-8(6)10)12-15(13,14)7-2-3-7/h4-5,7H,2-3H2,1H3,(H,11,12). The third-order valence-corrected chi connectivity index (χ3v) is 4.93. The highest BCUT2D eigenvalue weighted by molar-refractivity contribution is 9.10. The molecule has 0 amide bonds. The molecule has 6 heteroatoms. The molecule has 0 aromatic carbocycles. The SMILES string of the molecule is Cc1cc(NS(=O)(=O)C2CC2)ncc1Br. The molecule has 0 atom stereocenters. The Morgan fingerprint density at radius 3 is 2.73 bits per heavy atom. The fourth-order valence-electron chi connectivity index (χ4n) is 1.20. The molecule has 0 unspecified atom stereocenters. The lowest BCUT2D eigenvalue weighted by molar-refractivity contribution is 0.600. The van der Waals surface area contributed by atoms with Gasteiger partial charge in [0.15, 0.2) is 0 Å². The Hall–Kier alpha value is -0.620. The van der Waals surface area contributed by atoms with Crippen LogP contribution < -0.4 is 4.72 Å². The maximum absolute atomic E-state index is 11.6. The summed E-state index contributed by atoms with van der Waals surface area (Å²) in [5, 5.41) is -0.219. The topological polar surface area (TPSA) is 59.1 Å². The van der Waals surface area contributed by atoms with E-state index >= 15 is 0 Å². The summed E-state index contributed by atoms with van der Waals surface area (Å²) in [7, 11) is -3.20. The first kappa shape index (κ1) is 10.9. The van der Waals surface area contributed by atoms with Crippen molar-refractivity contribution < 1.29 is 8.42 Å². The Morgan fingerprint density at radius 2 is 2.20 bits per heavy atom. The van der Waals surface area contributed by atoms with Crippen LogP contribution in [0.4, 0.5) is 5.82 Å². The molecule has 1 fully saturated rings. The Morgan fingerprint density at radius 1 is 1.53 bits per heavy atom. The number of nitrogens with zero attached hydrogens (tertiary/aromatic N) is 1. The van der Waals surface area contributed by atoms with E-state index in [1.807, 2.05) is 6.92 Å². The predicted octanol–water partition coefficient (Wildman–Crippen LogP) is 2.06. The van der Waals surface area contributed by atoms with E-state index in [2.05, 4.69) is 25.6 Å². The monoisotopic (exact) mass is 290 g/mol. The van der Waals surface area contributed by atoms with Crippen molar-refractivity contribution in [3.8, 4) is 0 Å². The lowest BCUT2D eigenvalue weighted by Gasteiger charge is -2.06.